The lowest BCUT2D eigenvalue weighted by molar-refractivity contribution is 0.618. The number of aromatic amines is 1. The number of anilines is 1. The van der Waals surface area contributed by atoms with Crippen molar-refractivity contribution in [2.75, 3.05) is 12.4 Å². The van der Waals surface area contributed by atoms with Crippen molar-refractivity contribution in [1.82, 2.24) is 10.2 Å². The van der Waals surface area contributed by atoms with E-state index in [0.29, 0.717) is 11.4 Å². The zero-order valence-corrected chi connectivity index (χ0v) is 11.8. The van der Waals surface area contributed by atoms with E-state index in [0.717, 1.165) is 22.2 Å². The maximum Gasteiger partial charge on any atom is 0.132 e. The van der Waals surface area contributed by atoms with Gasteiger partial charge in [0.25, 0.3) is 0 Å². The van der Waals surface area contributed by atoms with Crippen molar-refractivity contribution in [2.45, 2.75) is 6.92 Å². The number of benzene rings is 2. The molecule has 0 radical (unpaired) electrons. The van der Waals surface area contributed by atoms with E-state index >= 15 is 0 Å². The van der Waals surface area contributed by atoms with Crippen molar-refractivity contribution in [1.29, 1.82) is 0 Å². The molecule has 0 saturated heterocycles. The van der Waals surface area contributed by atoms with Crippen LogP contribution in [0.4, 0.5) is 10.1 Å². The van der Waals surface area contributed by atoms with E-state index < -0.39 is 0 Å². The van der Waals surface area contributed by atoms with Crippen LogP contribution in [0, 0.1) is 12.7 Å². The van der Waals surface area contributed by atoms with Gasteiger partial charge in [0.05, 0.1) is 11.7 Å². The normalized spacial score (nSPS) is 11.9. The molecule has 0 fully saturated rings. The van der Waals surface area contributed by atoms with Gasteiger partial charge in [0.2, 0.25) is 0 Å². The third-order valence-corrected chi connectivity index (χ3v) is 3.45. The number of nitrogens with zero attached hydrogens (tertiary/aromatic N) is 2. The van der Waals surface area contributed by atoms with Gasteiger partial charge in [-0.2, -0.15) is 5.10 Å². The van der Waals surface area contributed by atoms with E-state index in [1.54, 1.807) is 26.2 Å². The molecule has 0 aliphatic rings. The zero-order valence-electron chi connectivity index (χ0n) is 11.8. The number of amidine groups is 1. The minimum Gasteiger partial charge on any atom is -0.340 e. The predicted octanol–water partition coefficient (Wildman–Crippen LogP) is 3.50. The van der Waals surface area contributed by atoms with Crippen molar-refractivity contribution < 1.29 is 4.39 Å². The second-order valence-corrected chi connectivity index (χ2v) is 4.78. The third kappa shape index (κ3) is 2.50. The fraction of sp³-hybridized carbons (Fsp3) is 0.125. The molecular weight excluding hydrogens is 267 g/mol. The minimum absolute atomic E-state index is 0.235. The van der Waals surface area contributed by atoms with Crippen LogP contribution in [0.1, 0.15) is 11.1 Å². The average molecular weight is 282 g/mol. The van der Waals surface area contributed by atoms with Crippen molar-refractivity contribution in [3.8, 4) is 0 Å². The second-order valence-electron chi connectivity index (χ2n) is 4.78. The summed E-state index contributed by atoms with van der Waals surface area (Å²) in [4.78, 5) is 4.24. The predicted molar refractivity (Wildman–Crippen MR) is 83.3 cm³/mol. The number of hydrogen-bond acceptors (Lipinski definition) is 2. The third-order valence-electron chi connectivity index (χ3n) is 3.45. The van der Waals surface area contributed by atoms with Crippen LogP contribution in [0.15, 0.2) is 47.6 Å². The zero-order chi connectivity index (χ0) is 14.8. The lowest BCUT2D eigenvalue weighted by atomic mass is 10.1. The molecule has 0 amide bonds. The van der Waals surface area contributed by atoms with Crippen LogP contribution >= 0.6 is 0 Å². The highest BCUT2D eigenvalue weighted by atomic mass is 19.1. The molecule has 0 aliphatic carbocycles. The van der Waals surface area contributed by atoms with E-state index in [1.807, 2.05) is 24.3 Å². The summed E-state index contributed by atoms with van der Waals surface area (Å²) in [7, 11) is 1.68. The fourth-order valence-electron chi connectivity index (χ4n) is 2.26. The van der Waals surface area contributed by atoms with E-state index in [9.17, 15) is 4.39 Å². The Morgan fingerprint density at radius 2 is 2.14 bits per heavy atom. The van der Waals surface area contributed by atoms with Gasteiger partial charge in [-0.05, 0) is 36.8 Å². The number of H-pyrrole nitrogens is 1. The van der Waals surface area contributed by atoms with Crippen LogP contribution in [0.3, 0.4) is 0 Å². The Morgan fingerprint density at radius 1 is 1.29 bits per heavy atom. The van der Waals surface area contributed by atoms with Crippen LogP contribution in [0.25, 0.3) is 10.9 Å². The highest BCUT2D eigenvalue weighted by Gasteiger charge is 2.10. The van der Waals surface area contributed by atoms with Gasteiger partial charge in [0.15, 0.2) is 0 Å². The molecule has 0 unspecified atom stereocenters. The molecule has 1 heterocycles. The van der Waals surface area contributed by atoms with E-state index in [2.05, 4.69) is 20.5 Å². The molecular formula is C16H15FN4. The molecule has 0 saturated carbocycles. The molecule has 5 heteroatoms. The quantitative estimate of drug-likeness (QED) is 0.558. The van der Waals surface area contributed by atoms with Gasteiger partial charge in [0.1, 0.15) is 11.7 Å². The van der Waals surface area contributed by atoms with Crippen molar-refractivity contribution in [3.63, 3.8) is 0 Å². The van der Waals surface area contributed by atoms with Gasteiger partial charge in [-0.1, -0.05) is 12.1 Å². The first kappa shape index (κ1) is 13.3. The Kier molecular flexibility index (Phi) is 3.39. The summed E-state index contributed by atoms with van der Waals surface area (Å²) in [5, 5.41) is 11.1. The smallest absolute Gasteiger partial charge is 0.132 e. The monoisotopic (exact) mass is 282 g/mol. The number of fused-ring (bicyclic) bond motifs is 1. The number of rotatable bonds is 2. The van der Waals surface area contributed by atoms with Gasteiger partial charge in [0, 0.05) is 23.7 Å². The first-order chi connectivity index (χ1) is 10.2. The number of nitrogens with one attached hydrogen (secondary N) is 2. The summed E-state index contributed by atoms with van der Waals surface area (Å²) < 4.78 is 13.7. The minimum atomic E-state index is -0.235. The van der Waals surface area contributed by atoms with Crippen LogP contribution in [0.5, 0.6) is 0 Å². The van der Waals surface area contributed by atoms with Gasteiger partial charge >= 0.3 is 0 Å². The van der Waals surface area contributed by atoms with Gasteiger partial charge in [-0.15, -0.1) is 0 Å². The summed E-state index contributed by atoms with van der Waals surface area (Å²) >= 11 is 0. The summed E-state index contributed by atoms with van der Waals surface area (Å²) in [6.45, 7) is 1.75. The van der Waals surface area contributed by atoms with E-state index in [1.165, 1.54) is 6.07 Å². The molecule has 3 rings (SSSR count). The lowest BCUT2D eigenvalue weighted by Gasteiger charge is -2.12. The average Bonchev–Trinajstić information content (AvgIpc) is 2.95. The SMILES string of the molecule is CN=C(Nc1ccc2[nH]ncc2c1)c1cccc(F)c1C. The molecule has 0 spiro atoms. The molecule has 2 N–H and O–H groups in total. The lowest BCUT2D eigenvalue weighted by Crippen LogP contribution is -2.15. The second kappa shape index (κ2) is 5.36. The van der Waals surface area contributed by atoms with Gasteiger partial charge < -0.3 is 5.32 Å². The number of aromatic nitrogens is 2. The molecule has 0 bridgehead atoms. The Morgan fingerprint density at radius 3 is 2.95 bits per heavy atom. The molecule has 4 nitrogen and oxygen atoms in total. The topological polar surface area (TPSA) is 53.1 Å². The molecule has 21 heavy (non-hydrogen) atoms. The molecule has 3 aromatic rings. The molecule has 0 aliphatic heterocycles. The van der Waals surface area contributed by atoms with E-state index in [-0.39, 0.29) is 5.82 Å². The van der Waals surface area contributed by atoms with Crippen LogP contribution in [-0.4, -0.2) is 23.1 Å². The Hall–Kier alpha value is -2.69. The molecule has 106 valence electrons. The van der Waals surface area contributed by atoms with Crippen LogP contribution in [0.2, 0.25) is 0 Å². The Labute approximate surface area is 121 Å². The maximum absolute atomic E-state index is 13.7. The highest BCUT2D eigenvalue weighted by molar-refractivity contribution is 6.09. The number of aliphatic imine (C=N–C) groups is 1. The number of hydrogen-bond donors (Lipinski definition) is 2. The number of halogens is 1. The molecule has 0 atom stereocenters. The fourth-order valence-corrected chi connectivity index (χ4v) is 2.26. The van der Waals surface area contributed by atoms with Crippen molar-refractivity contribution in [3.05, 3.63) is 59.5 Å². The molecule has 1 aromatic heterocycles. The van der Waals surface area contributed by atoms with Crippen LogP contribution < -0.4 is 5.32 Å². The highest BCUT2D eigenvalue weighted by Crippen LogP contribution is 2.19. The van der Waals surface area contributed by atoms with Crippen molar-refractivity contribution in [2.24, 2.45) is 4.99 Å². The summed E-state index contributed by atoms with van der Waals surface area (Å²) in [6, 6.07) is 10.8. The first-order valence-corrected chi connectivity index (χ1v) is 6.61. The van der Waals surface area contributed by atoms with Gasteiger partial charge in [-0.25, -0.2) is 4.39 Å². The van der Waals surface area contributed by atoms with Crippen LogP contribution in [-0.2, 0) is 0 Å². The Bertz CT molecular complexity index is 820. The van der Waals surface area contributed by atoms with E-state index in [4.69, 9.17) is 0 Å². The molecule has 2 aromatic carbocycles. The van der Waals surface area contributed by atoms with Crippen molar-refractivity contribution >= 4 is 22.4 Å². The largest absolute Gasteiger partial charge is 0.340 e. The standard InChI is InChI=1S/C16H15FN4/c1-10-13(4-3-5-14(10)17)16(18-2)20-12-6-7-15-11(8-12)9-19-21-15/h3-9H,1-2H3,(H,18,20)(H,19,21). The Balaban J connectivity index is 1.96. The maximum atomic E-state index is 13.7. The summed E-state index contributed by atoms with van der Waals surface area (Å²) in [6.07, 6.45) is 1.76. The summed E-state index contributed by atoms with van der Waals surface area (Å²) in [5.74, 6) is 0.399. The first-order valence-electron chi connectivity index (χ1n) is 6.61. The van der Waals surface area contributed by atoms with Gasteiger partial charge in [-0.3, -0.25) is 10.1 Å². The summed E-state index contributed by atoms with van der Waals surface area (Å²) in [5.41, 5.74) is 3.19.